The normalized spacial score (nSPS) is 15.7. The number of carbonyl (C=O) groups excluding carboxylic acids is 2. The van der Waals surface area contributed by atoms with Gasteiger partial charge in [0.25, 0.3) is 11.5 Å². The molecule has 2 heterocycles. The van der Waals surface area contributed by atoms with Crippen molar-refractivity contribution in [2.75, 3.05) is 26.2 Å². The van der Waals surface area contributed by atoms with Gasteiger partial charge in [-0.25, -0.2) is 13.8 Å². The minimum absolute atomic E-state index is 0.0126. The molecule has 3 aromatic rings. The van der Waals surface area contributed by atoms with Gasteiger partial charge in [0.1, 0.15) is 11.2 Å². The van der Waals surface area contributed by atoms with Gasteiger partial charge in [-0.2, -0.15) is 0 Å². The van der Waals surface area contributed by atoms with Crippen LogP contribution in [0.25, 0.3) is 10.9 Å². The van der Waals surface area contributed by atoms with Crippen molar-refractivity contribution in [3.63, 3.8) is 0 Å². The molecule has 4 rings (SSSR count). The Hall–Kier alpha value is -3.57. The third kappa shape index (κ3) is 5.80. The van der Waals surface area contributed by atoms with Crippen LogP contribution in [0.3, 0.4) is 0 Å². The molecule has 1 unspecified atom stereocenters. The molecule has 1 aliphatic rings. The van der Waals surface area contributed by atoms with Gasteiger partial charge >= 0.3 is 0 Å². The lowest BCUT2D eigenvalue weighted by Gasteiger charge is -2.33. The third-order valence-electron chi connectivity index (χ3n) is 5.84. The number of ether oxygens (including phenoxy) is 1. The van der Waals surface area contributed by atoms with E-state index in [1.54, 1.807) is 4.90 Å². The summed E-state index contributed by atoms with van der Waals surface area (Å²) in [5, 5.41) is 5.66. The van der Waals surface area contributed by atoms with E-state index in [1.807, 2.05) is 0 Å². The summed E-state index contributed by atoms with van der Waals surface area (Å²) >= 11 is 5.75. The summed E-state index contributed by atoms with van der Waals surface area (Å²) in [6, 6.07) is 6.40. The second kappa shape index (κ2) is 11.0. The number of aromatic amines is 1. The lowest BCUT2D eigenvalue weighted by molar-refractivity contribution is -0.130. The van der Waals surface area contributed by atoms with Gasteiger partial charge in [-0.1, -0.05) is 17.7 Å². The smallest absolute Gasteiger partial charge is 0.287 e. The molecular weight excluding hydrogens is 496 g/mol. The van der Waals surface area contributed by atoms with Crippen LogP contribution < -0.4 is 20.9 Å². The van der Waals surface area contributed by atoms with Crippen LogP contribution >= 0.6 is 11.6 Å². The molecule has 0 bridgehead atoms. The fourth-order valence-electron chi connectivity index (χ4n) is 3.95. The van der Waals surface area contributed by atoms with Crippen LogP contribution in [0.5, 0.6) is 5.75 Å². The van der Waals surface area contributed by atoms with Crippen LogP contribution in [-0.2, 0) is 11.3 Å². The Morgan fingerprint density at radius 3 is 2.78 bits per heavy atom. The van der Waals surface area contributed by atoms with Crippen LogP contribution in [0, 0.1) is 11.6 Å². The van der Waals surface area contributed by atoms with E-state index in [-0.39, 0.29) is 52.6 Å². The number of benzene rings is 2. The quantitative estimate of drug-likeness (QED) is 0.441. The Morgan fingerprint density at radius 1 is 1.25 bits per heavy atom. The van der Waals surface area contributed by atoms with Gasteiger partial charge in [-0.05, 0) is 36.2 Å². The lowest BCUT2D eigenvalue weighted by atomic mass is 10.1. The second-order valence-corrected chi connectivity index (χ2v) is 8.78. The first kappa shape index (κ1) is 25.5. The molecule has 12 heteroatoms. The average Bonchev–Trinajstić information content (AvgIpc) is 2.86. The monoisotopic (exact) mass is 519 g/mol. The third-order valence-corrected chi connectivity index (χ3v) is 6.13. The van der Waals surface area contributed by atoms with E-state index >= 15 is 0 Å². The Balaban J connectivity index is 1.46. The lowest BCUT2D eigenvalue weighted by Crippen LogP contribution is -2.52. The van der Waals surface area contributed by atoms with Gasteiger partial charge in [0, 0.05) is 39.1 Å². The van der Waals surface area contributed by atoms with Crippen molar-refractivity contribution < 1.29 is 23.1 Å². The van der Waals surface area contributed by atoms with Gasteiger partial charge in [-0.15, -0.1) is 0 Å². The van der Waals surface area contributed by atoms with Crippen LogP contribution in [-0.4, -0.2) is 59.0 Å². The summed E-state index contributed by atoms with van der Waals surface area (Å²) in [7, 11) is 0. The number of aromatic nitrogens is 2. The molecule has 36 heavy (non-hydrogen) atoms. The molecule has 2 aromatic carbocycles. The predicted molar refractivity (Wildman–Crippen MR) is 129 cm³/mol. The zero-order chi connectivity index (χ0) is 25.8. The highest BCUT2D eigenvalue weighted by molar-refractivity contribution is 6.30. The van der Waals surface area contributed by atoms with Crippen molar-refractivity contribution in [3.8, 4) is 5.75 Å². The van der Waals surface area contributed by atoms with Crippen LogP contribution in [0.2, 0.25) is 5.02 Å². The highest BCUT2D eigenvalue weighted by Crippen LogP contribution is 2.25. The molecule has 1 atom stereocenters. The second-order valence-electron chi connectivity index (χ2n) is 8.37. The largest absolute Gasteiger partial charge is 0.490 e. The van der Waals surface area contributed by atoms with E-state index in [0.29, 0.717) is 31.6 Å². The minimum Gasteiger partial charge on any atom is -0.490 e. The number of hydrogen-bond donors (Lipinski definition) is 3. The molecule has 0 radical (unpaired) electrons. The highest BCUT2D eigenvalue weighted by Gasteiger charge is 2.22. The van der Waals surface area contributed by atoms with Crippen molar-refractivity contribution in [1.29, 1.82) is 0 Å². The van der Waals surface area contributed by atoms with Crippen LogP contribution in [0.4, 0.5) is 8.78 Å². The summed E-state index contributed by atoms with van der Waals surface area (Å²) in [4.78, 5) is 45.2. The van der Waals surface area contributed by atoms with Gasteiger partial charge in [0.05, 0.1) is 17.1 Å². The molecule has 1 saturated heterocycles. The predicted octanol–water partition coefficient (Wildman–Crippen LogP) is 2.37. The number of halogens is 3. The number of piperazine rings is 1. The summed E-state index contributed by atoms with van der Waals surface area (Å²) in [5.41, 5.74) is -0.0961. The number of hydrogen-bond acceptors (Lipinski definition) is 6. The van der Waals surface area contributed by atoms with Crippen molar-refractivity contribution in [3.05, 3.63) is 68.7 Å². The first-order chi connectivity index (χ1) is 17.2. The maximum Gasteiger partial charge on any atom is 0.287 e. The topological polar surface area (TPSA) is 116 Å². The molecule has 2 amide bonds. The van der Waals surface area contributed by atoms with Crippen molar-refractivity contribution in [1.82, 2.24) is 25.5 Å². The standard InChI is InChI=1S/C24H24ClF2N5O4/c1-13(33)32-8-7-28-15(12-32)6-9-36-21-18(27)4-5-19-20(21)23(34)31-22(30-19)24(35)29-11-14-2-3-17(26)16(25)10-14/h2-5,10,15,28H,6-9,11-12H2,1H3,(H,29,35)(H,30,31,34). The summed E-state index contributed by atoms with van der Waals surface area (Å²) < 4.78 is 33.5. The Morgan fingerprint density at radius 2 is 2.03 bits per heavy atom. The van der Waals surface area contributed by atoms with E-state index in [0.717, 1.165) is 6.07 Å². The SMILES string of the molecule is CC(=O)N1CCNC(CCOc2c(F)ccc3nc(C(=O)NCc4ccc(F)c(Cl)c4)[nH]c(=O)c23)C1. The first-order valence-electron chi connectivity index (χ1n) is 11.3. The van der Waals surface area contributed by atoms with Gasteiger partial charge in [0.15, 0.2) is 17.4 Å². The summed E-state index contributed by atoms with van der Waals surface area (Å²) in [6.07, 6.45) is 0.485. The molecular formula is C24H24ClF2N5O4. The molecule has 9 nitrogen and oxygen atoms in total. The first-order valence-corrected chi connectivity index (χ1v) is 11.7. The van der Waals surface area contributed by atoms with Crippen molar-refractivity contribution in [2.45, 2.75) is 25.9 Å². The van der Waals surface area contributed by atoms with E-state index in [4.69, 9.17) is 16.3 Å². The molecule has 0 spiro atoms. The molecule has 0 saturated carbocycles. The molecule has 0 aliphatic carbocycles. The number of amides is 2. The van der Waals surface area contributed by atoms with Crippen LogP contribution in [0.15, 0.2) is 35.1 Å². The average molecular weight is 520 g/mol. The molecule has 190 valence electrons. The molecule has 3 N–H and O–H groups in total. The Bertz CT molecular complexity index is 1370. The van der Waals surface area contributed by atoms with Gasteiger partial charge < -0.3 is 25.3 Å². The minimum atomic E-state index is -0.734. The Kier molecular flexibility index (Phi) is 7.80. The maximum atomic E-state index is 14.6. The van der Waals surface area contributed by atoms with E-state index < -0.39 is 23.1 Å². The maximum absolute atomic E-state index is 14.6. The van der Waals surface area contributed by atoms with Gasteiger partial charge in [0.2, 0.25) is 5.91 Å². The number of fused-ring (bicyclic) bond motifs is 1. The van der Waals surface area contributed by atoms with E-state index in [2.05, 4.69) is 20.6 Å². The van der Waals surface area contributed by atoms with E-state index in [1.165, 1.54) is 31.2 Å². The number of H-pyrrole nitrogens is 1. The van der Waals surface area contributed by atoms with E-state index in [9.17, 15) is 23.2 Å². The molecule has 1 fully saturated rings. The molecule has 1 aliphatic heterocycles. The number of nitrogens with zero attached hydrogens (tertiary/aromatic N) is 2. The van der Waals surface area contributed by atoms with Crippen molar-refractivity contribution >= 4 is 34.3 Å². The fourth-order valence-corrected chi connectivity index (χ4v) is 4.15. The molecule has 1 aromatic heterocycles. The highest BCUT2D eigenvalue weighted by atomic mass is 35.5. The number of carbonyl (C=O) groups is 2. The zero-order valence-corrected chi connectivity index (χ0v) is 20.1. The van der Waals surface area contributed by atoms with Crippen LogP contribution in [0.1, 0.15) is 29.5 Å². The zero-order valence-electron chi connectivity index (χ0n) is 19.4. The Labute approximate surface area is 209 Å². The number of nitrogens with one attached hydrogen (secondary N) is 3. The van der Waals surface area contributed by atoms with Gasteiger partial charge in [-0.3, -0.25) is 14.4 Å². The number of rotatable bonds is 7. The van der Waals surface area contributed by atoms with Crippen molar-refractivity contribution in [2.24, 2.45) is 0 Å². The summed E-state index contributed by atoms with van der Waals surface area (Å²) in [5.74, 6) is -2.53. The fraction of sp³-hybridized carbons (Fsp3) is 0.333. The summed E-state index contributed by atoms with van der Waals surface area (Å²) in [6.45, 7) is 3.42.